The average molecular weight is 273 g/mol. The Morgan fingerprint density at radius 3 is 2.40 bits per heavy atom. The van der Waals surface area contributed by atoms with Crippen molar-refractivity contribution in [1.29, 1.82) is 0 Å². The summed E-state index contributed by atoms with van der Waals surface area (Å²) in [6.07, 6.45) is 1.71. The van der Waals surface area contributed by atoms with Crippen LogP contribution in [-0.2, 0) is 13.6 Å². The van der Waals surface area contributed by atoms with E-state index in [4.69, 9.17) is 5.11 Å². The maximum absolute atomic E-state index is 12.1. The van der Waals surface area contributed by atoms with Crippen molar-refractivity contribution in [1.82, 2.24) is 14.7 Å². The van der Waals surface area contributed by atoms with Gasteiger partial charge in [-0.1, -0.05) is 12.1 Å². The van der Waals surface area contributed by atoms with E-state index in [9.17, 15) is 9.59 Å². The molecular formula is C14H15N3O3. The second kappa shape index (κ2) is 5.56. The first kappa shape index (κ1) is 13.8. The lowest BCUT2D eigenvalue weighted by Crippen LogP contribution is -2.26. The van der Waals surface area contributed by atoms with Gasteiger partial charge in [0.1, 0.15) is 5.69 Å². The molecule has 0 atom stereocenters. The molecule has 0 saturated carbocycles. The monoisotopic (exact) mass is 273 g/mol. The van der Waals surface area contributed by atoms with E-state index in [1.165, 1.54) is 17.0 Å². The molecular weight excluding hydrogens is 258 g/mol. The Balaban J connectivity index is 2.05. The summed E-state index contributed by atoms with van der Waals surface area (Å²) in [5.74, 6) is -1.14. The molecule has 0 saturated heterocycles. The molecule has 0 radical (unpaired) electrons. The molecule has 6 nitrogen and oxygen atoms in total. The van der Waals surface area contributed by atoms with Crippen LogP contribution in [0, 0.1) is 0 Å². The van der Waals surface area contributed by atoms with Crippen molar-refractivity contribution in [2.45, 2.75) is 6.54 Å². The Hall–Kier alpha value is -2.63. The molecule has 6 heteroatoms. The molecule has 2 aromatic rings. The minimum atomic E-state index is -0.963. The van der Waals surface area contributed by atoms with Crippen molar-refractivity contribution in [2.75, 3.05) is 7.05 Å². The van der Waals surface area contributed by atoms with Crippen LogP contribution in [0.25, 0.3) is 0 Å². The van der Waals surface area contributed by atoms with Crippen molar-refractivity contribution in [2.24, 2.45) is 7.05 Å². The second-order valence-corrected chi connectivity index (χ2v) is 4.54. The molecule has 1 amide bonds. The summed E-state index contributed by atoms with van der Waals surface area (Å²) < 4.78 is 1.57. The zero-order valence-corrected chi connectivity index (χ0v) is 11.3. The number of aromatic carboxylic acids is 1. The highest BCUT2D eigenvalue weighted by Crippen LogP contribution is 2.09. The number of hydrogen-bond acceptors (Lipinski definition) is 3. The summed E-state index contributed by atoms with van der Waals surface area (Å²) >= 11 is 0. The lowest BCUT2D eigenvalue weighted by atomic mass is 10.1. The number of aromatic nitrogens is 2. The number of hydrogen-bond donors (Lipinski definition) is 1. The van der Waals surface area contributed by atoms with Gasteiger partial charge in [-0.3, -0.25) is 9.48 Å². The second-order valence-electron chi connectivity index (χ2n) is 4.54. The van der Waals surface area contributed by atoms with Gasteiger partial charge in [0.25, 0.3) is 5.91 Å². The summed E-state index contributed by atoms with van der Waals surface area (Å²) in [6.45, 7) is 0.398. The number of carbonyl (C=O) groups is 2. The quantitative estimate of drug-likeness (QED) is 0.913. The molecule has 0 fully saturated rings. The van der Waals surface area contributed by atoms with E-state index in [0.717, 1.165) is 5.56 Å². The molecule has 1 heterocycles. The third kappa shape index (κ3) is 3.03. The first-order valence-electron chi connectivity index (χ1n) is 6.04. The first-order chi connectivity index (χ1) is 9.47. The van der Waals surface area contributed by atoms with Gasteiger partial charge in [-0.05, 0) is 23.8 Å². The van der Waals surface area contributed by atoms with E-state index < -0.39 is 5.97 Å². The Bertz CT molecular complexity index is 631. The maximum Gasteiger partial charge on any atom is 0.335 e. The van der Waals surface area contributed by atoms with Gasteiger partial charge < -0.3 is 10.0 Å². The topological polar surface area (TPSA) is 75.4 Å². The molecule has 104 valence electrons. The van der Waals surface area contributed by atoms with Gasteiger partial charge in [-0.25, -0.2) is 4.79 Å². The zero-order valence-electron chi connectivity index (χ0n) is 11.3. The SMILES string of the molecule is CN(Cc1ccc(C(=O)O)cc1)C(=O)c1ccn(C)n1. The molecule has 20 heavy (non-hydrogen) atoms. The van der Waals surface area contributed by atoms with E-state index in [1.54, 1.807) is 43.2 Å². The summed E-state index contributed by atoms with van der Waals surface area (Å²) in [5, 5.41) is 12.9. The van der Waals surface area contributed by atoms with E-state index in [0.29, 0.717) is 12.2 Å². The molecule has 1 aromatic carbocycles. The normalized spacial score (nSPS) is 10.3. The number of carbonyl (C=O) groups excluding carboxylic acids is 1. The minimum absolute atomic E-state index is 0.173. The number of amides is 1. The molecule has 2 rings (SSSR count). The van der Waals surface area contributed by atoms with Crippen LogP contribution in [0.2, 0.25) is 0 Å². The zero-order chi connectivity index (χ0) is 14.7. The van der Waals surface area contributed by atoms with Crippen molar-refractivity contribution in [3.63, 3.8) is 0 Å². The lowest BCUT2D eigenvalue weighted by molar-refractivity contribution is 0.0695. The predicted molar refractivity (Wildman–Crippen MR) is 72.4 cm³/mol. The smallest absolute Gasteiger partial charge is 0.335 e. The van der Waals surface area contributed by atoms with Gasteiger partial charge in [0, 0.05) is 26.8 Å². The van der Waals surface area contributed by atoms with Crippen LogP contribution in [0.5, 0.6) is 0 Å². The van der Waals surface area contributed by atoms with Gasteiger partial charge in [-0.2, -0.15) is 5.10 Å². The highest BCUT2D eigenvalue weighted by atomic mass is 16.4. The molecule has 0 aliphatic carbocycles. The Kier molecular flexibility index (Phi) is 3.84. The van der Waals surface area contributed by atoms with Crippen LogP contribution in [0.4, 0.5) is 0 Å². The molecule has 0 spiro atoms. The Morgan fingerprint density at radius 2 is 1.90 bits per heavy atom. The number of benzene rings is 1. The van der Waals surface area contributed by atoms with Crippen molar-refractivity contribution in [3.8, 4) is 0 Å². The van der Waals surface area contributed by atoms with Crippen LogP contribution in [-0.4, -0.2) is 38.7 Å². The fraction of sp³-hybridized carbons (Fsp3) is 0.214. The highest BCUT2D eigenvalue weighted by molar-refractivity contribution is 5.92. The van der Waals surface area contributed by atoms with Crippen LogP contribution >= 0.6 is 0 Å². The number of carboxylic acid groups (broad SMARTS) is 1. The number of nitrogens with zero attached hydrogens (tertiary/aromatic N) is 3. The maximum atomic E-state index is 12.1. The van der Waals surface area contributed by atoms with Gasteiger partial charge in [-0.15, -0.1) is 0 Å². The van der Waals surface area contributed by atoms with Crippen molar-refractivity contribution >= 4 is 11.9 Å². The van der Waals surface area contributed by atoms with E-state index in [-0.39, 0.29) is 11.5 Å². The Labute approximate surface area is 116 Å². The number of rotatable bonds is 4. The van der Waals surface area contributed by atoms with Crippen LogP contribution in [0.1, 0.15) is 26.4 Å². The van der Waals surface area contributed by atoms with E-state index in [2.05, 4.69) is 5.10 Å². The van der Waals surface area contributed by atoms with E-state index in [1.807, 2.05) is 0 Å². The van der Waals surface area contributed by atoms with Crippen molar-refractivity contribution < 1.29 is 14.7 Å². The summed E-state index contributed by atoms with van der Waals surface area (Å²) in [4.78, 5) is 24.4. The van der Waals surface area contributed by atoms with Crippen LogP contribution in [0.15, 0.2) is 36.5 Å². The van der Waals surface area contributed by atoms with E-state index >= 15 is 0 Å². The average Bonchev–Trinajstić information content (AvgIpc) is 2.85. The highest BCUT2D eigenvalue weighted by Gasteiger charge is 2.14. The molecule has 0 bridgehead atoms. The Morgan fingerprint density at radius 1 is 1.25 bits per heavy atom. The third-order valence-corrected chi connectivity index (χ3v) is 2.90. The molecule has 0 unspecified atom stereocenters. The van der Waals surface area contributed by atoms with Crippen molar-refractivity contribution in [3.05, 3.63) is 53.3 Å². The van der Waals surface area contributed by atoms with Gasteiger partial charge in [0.2, 0.25) is 0 Å². The van der Waals surface area contributed by atoms with Crippen LogP contribution < -0.4 is 0 Å². The fourth-order valence-electron chi connectivity index (χ4n) is 1.82. The molecule has 0 aliphatic rings. The molecule has 1 aromatic heterocycles. The standard InChI is InChI=1S/C14H15N3O3/c1-16(13(18)12-7-8-17(2)15-12)9-10-3-5-11(6-4-10)14(19)20/h3-8H,9H2,1-2H3,(H,19,20). The first-order valence-corrected chi connectivity index (χ1v) is 6.04. The summed E-state index contributed by atoms with van der Waals surface area (Å²) in [5.41, 5.74) is 1.48. The van der Waals surface area contributed by atoms with Crippen LogP contribution in [0.3, 0.4) is 0 Å². The summed E-state index contributed by atoms with van der Waals surface area (Å²) in [7, 11) is 3.43. The number of carboxylic acids is 1. The predicted octanol–water partition coefficient (Wildman–Crippen LogP) is 1.39. The fourth-order valence-corrected chi connectivity index (χ4v) is 1.82. The molecule has 0 aliphatic heterocycles. The van der Waals surface area contributed by atoms with Gasteiger partial charge >= 0.3 is 5.97 Å². The lowest BCUT2D eigenvalue weighted by Gasteiger charge is -2.16. The minimum Gasteiger partial charge on any atom is -0.478 e. The third-order valence-electron chi connectivity index (χ3n) is 2.90. The van der Waals surface area contributed by atoms with Gasteiger partial charge in [0.05, 0.1) is 5.56 Å². The van der Waals surface area contributed by atoms with Gasteiger partial charge in [0.15, 0.2) is 0 Å². The largest absolute Gasteiger partial charge is 0.478 e. The molecule has 1 N–H and O–H groups in total. The number of aryl methyl sites for hydroxylation is 1. The summed E-state index contributed by atoms with van der Waals surface area (Å²) in [6, 6.07) is 8.11.